The summed E-state index contributed by atoms with van der Waals surface area (Å²) >= 11 is 0. The number of nitrogens with one attached hydrogen (secondary N) is 1. The van der Waals surface area contributed by atoms with E-state index in [-0.39, 0.29) is 24.2 Å². The number of amides is 1. The summed E-state index contributed by atoms with van der Waals surface area (Å²) in [6.45, 7) is 2.56. The average molecular weight is 423 g/mol. The number of hydrogen-bond donors (Lipinski definition) is 1. The highest BCUT2D eigenvalue weighted by Gasteiger charge is 2.23. The van der Waals surface area contributed by atoms with Crippen LogP contribution in [0.5, 0.6) is 5.75 Å². The van der Waals surface area contributed by atoms with Gasteiger partial charge >= 0.3 is 5.69 Å². The maximum Gasteiger partial charge on any atom is 0.329 e. The lowest BCUT2D eigenvalue weighted by Gasteiger charge is -2.35. The Labute approximate surface area is 182 Å². The summed E-state index contributed by atoms with van der Waals surface area (Å²) < 4.78 is 8.41. The zero-order valence-corrected chi connectivity index (χ0v) is 18.2. The van der Waals surface area contributed by atoms with Crippen molar-refractivity contribution in [3.05, 3.63) is 64.6 Å². The summed E-state index contributed by atoms with van der Waals surface area (Å²) in [5, 5.41) is 3.08. The van der Waals surface area contributed by atoms with E-state index in [0.29, 0.717) is 6.54 Å². The molecule has 1 aliphatic heterocycles. The van der Waals surface area contributed by atoms with Crippen LogP contribution in [-0.4, -0.2) is 46.7 Å². The normalized spacial score (nSPS) is 15.7. The third-order valence-corrected chi connectivity index (χ3v) is 6.18. The highest BCUT2D eigenvalue weighted by molar-refractivity contribution is 5.80. The van der Waals surface area contributed by atoms with Crippen molar-refractivity contribution in [2.75, 3.05) is 26.7 Å². The van der Waals surface area contributed by atoms with Crippen molar-refractivity contribution in [1.29, 1.82) is 0 Å². The molecule has 0 saturated carbocycles. The lowest BCUT2D eigenvalue weighted by atomic mass is 10.0. The molecule has 1 amide bonds. The Morgan fingerprint density at radius 1 is 1.03 bits per heavy atom. The van der Waals surface area contributed by atoms with Crippen molar-refractivity contribution < 1.29 is 9.53 Å². The highest BCUT2D eigenvalue weighted by atomic mass is 16.5. The maximum absolute atomic E-state index is 12.8. The van der Waals surface area contributed by atoms with Crippen LogP contribution >= 0.6 is 0 Å². The Bertz CT molecular complexity index is 1090. The monoisotopic (exact) mass is 422 g/mol. The van der Waals surface area contributed by atoms with Crippen LogP contribution in [0, 0.1) is 0 Å². The van der Waals surface area contributed by atoms with E-state index in [1.54, 1.807) is 18.7 Å². The molecule has 0 spiro atoms. The van der Waals surface area contributed by atoms with E-state index in [2.05, 4.69) is 22.3 Å². The van der Waals surface area contributed by atoms with Crippen molar-refractivity contribution >= 4 is 16.9 Å². The first-order chi connectivity index (χ1) is 15.1. The van der Waals surface area contributed by atoms with Crippen molar-refractivity contribution in [2.24, 2.45) is 7.05 Å². The number of benzene rings is 2. The first kappa shape index (κ1) is 21.2. The molecule has 1 aromatic heterocycles. The number of para-hydroxylation sites is 2. The fraction of sp³-hybridized carbons (Fsp3) is 0.417. The molecule has 1 atom stereocenters. The quantitative estimate of drug-likeness (QED) is 0.636. The number of aryl methyl sites for hydroxylation is 1. The Hall–Kier alpha value is -3.06. The number of nitrogens with zero attached hydrogens (tertiary/aromatic N) is 3. The summed E-state index contributed by atoms with van der Waals surface area (Å²) in [6, 6.07) is 15.7. The fourth-order valence-corrected chi connectivity index (χ4v) is 4.44. The number of likely N-dealkylation sites (tertiary alicyclic amines) is 1. The first-order valence-electron chi connectivity index (χ1n) is 10.9. The molecule has 2 aromatic carbocycles. The van der Waals surface area contributed by atoms with Gasteiger partial charge in [0.25, 0.3) is 0 Å². The number of methoxy groups -OCH3 is 1. The molecule has 1 aliphatic rings. The van der Waals surface area contributed by atoms with Gasteiger partial charge in [-0.1, -0.05) is 30.7 Å². The van der Waals surface area contributed by atoms with Gasteiger partial charge in [0.2, 0.25) is 5.91 Å². The van der Waals surface area contributed by atoms with Gasteiger partial charge in [0.05, 0.1) is 24.2 Å². The second-order valence-corrected chi connectivity index (χ2v) is 8.11. The SMILES string of the molecule is COc1ccc(C(CNC(=O)Cn2c(=O)n(C)c3ccccc32)N2CCCCC2)cc1. The van der Waals surface area contributed by atoms with E-state index in [4.69, 9.17) is 4.74 Å². The van der Waals surface area contributed by atoms with Crippen molar-refractivity contribution in [2.45, 2.75) is 31.8 Å². The van der Waals surface area contributed by atoms with Gasteiger partial charge in [-0.15, -0.1) is 0 Å². The van der Waals surface area contributed by atoms with Gasteiger partial charge in [-0.2, -0.15) is 0 Å². The highest BCUT2D eigenvalue weighted by Crippen LogP contribution is 2.26. The van der Waals surface area contributed by atoms with Gasteiger partial charge in [-0.3, -0.25) is 18.8 Å². The van der Waals surface area contributed by atoms with Gasteiger partial charge in [0, 0.05) is 13.6 Å². The molecular formula is C24H30N4O3. The standard InChI is InChI=1S/C24H30N4O3/c1-26-20-8-4-5-9-21(20)28(24(26)30)17-23(29)25-16-22(27-14-6-3-7-15-27)18-10-12-19(31-2)13-11-18/h4-5,8-13,22H,3,6-7,14-17H2,1-2H3,(H,25,29). The van der Waals surface area contributed by atoms with Crippen molar-refractivity contribution in [3.63, 3.8) is 0 Å². The largest absolute Gasteiger partial charge is 0.497 e. The minimum atomic E-state index is -0.181. The second kappa shape index (κ2) is 9.39. The van der Waals surface area contributed by atoms with Gasteiger partial charge in [0.15, 0.2) is 0 Å². The van der Waals surface area contributed by atoms with Crippen molar-refractivity contribution in [1.82, 2.24) is 19.4 Å². The van der Waals surface area contributed by atoms with Crippen LogP contribution in [0.4, 0.5) is 0 Å². The number of aromatic nitrogens is 2. The maximum atomic E-state index is 12.8. The zero-order valence-electron chi connectivity index (χ0n) is 18.2. The number of ether oxygens (including phenoxy) is 1. The molecule has 0 radical (unpaired) electrons. The summed E-state index contributed by atoms with van der Waals surface area (Å²) in [5.41, 5.74) is 2.57. The number of hydrogen-bond acceptors (Lipinski definition) is 4. The molecule has 7 nitrogen and oxygen atoms in total. The van der Waals surface area contributed by atoms with E-state index in [0.717, 1.165) is 35.4 Å². The molecule has 4 rings (SSSR count). The summed E-state index contributed by atoms with van der Waals surface area (Å²) in [6.07, 6.45) is 3.60. The first-order valence-corrected chi connectivity index (χ1v) is 10.9. The van der Waals surface area contributed by atoms with Gasteiger partial charge in [-0.05, 0) is 55.8 Å². The van der Waals surface area contributed by atoms with Crippen LogP contribution in [0.25, 0.3) is 11.0 Å². The molecule has 0 bridgehead atoms. The van der Waals surface area contributed by atoms with Gasteiger partial charge in [0.1, 0.15) is 12.3 Å². The van der Waals surface area contributed by atoms with Gasteiger partial charge in [-0.25, -0.2) is 4.79 Å². The van der Waals surface area contributed by atoms with Crippen molar-refractivity contribution in [3.8, 4) is 5.75 Å². The molecule has 7 heteroatoms. The average Bonchev–Trinajstić information content (AvgIpc) is 3.05. The minimum absolute atomic E-state index is 0.00944. The Morgan fingerprint density at radius 2 is 1.71 bits per heavy atom. The molecule has 1 saturated heterocycles. The minimum Gasteiger partial charge on any atom is -0.497 e. The molecule has 164 valence electrons. The number of imidazole rings is 1. The number of rotatable bonds is 7. The van der Waals surface area contributed by atoms with E-state index in [1.807, 2.05) is 36.4 Å². The third kappa shape index (κ3) is 4.51. The third-order valence-electron chi connectivity index (χ3n) is 6.18. The Kier molecular flexibility index (Phi) is 6.42. The number of carbonyl (C=O) groups is 1. The molecular weight excluding hydrogens is 392 g/mol. The van der Waals surface area contributed by atoms with E-state index in [1.165, 1.54) is 23.8 Å². The van der Waals surface area contributed by atoms with Crippen LogP contribution in [0.2, 0.25) is 0 Å². The Balaban J connectivity index is 1.49. The van der Waals surface area contributed by atoms with Crippen LogP contribution < -0.4 is 15.7 Å². The molecule has 2 heterocycles. The zero-order chi connectivity index (χ0) is 21.8. The predicted octanol–water partition coefficient (Wildman–Crippen LogP) is 2.69. The van der Waals surface area contributed by atoms with Crippen LogP contribution in [0.15, 0.2) is 53.3 Å². The summed E-state index contributed by atoms with van der Waals surface area (Å²) in [4.78, 5) is 27.9. The molecule has 1 N–H and O–H groups in total. The van der Waals surface area contributed by atoms with Crippen LogP contribution in [-0.2, 0) is 18.4 Å². The summed E-state index contributed by atoms with van der Waals surface area (Å²) in [7, 11) is 3.39. The topological polar surface area (TPSA) is 68.5 Å². The van der Waals surface area contributed by atoms with Crippen LogP contribution in [0.3, 0.4) is 0 Å². The number of piperidine rings is 1. The van der Waals surface area contributed by atoms with Gasteiger partial charge < -0.3 is 10.1 Å². The molecule has 1 fully saturated rings. The fourth-order valence-electron chi connectivity index (χ4n) is 4.44. The summed E-state index contributed by atoms with van der Waals surface area (Å²) in [5.74, 6) is 0.662. The predicted molar refractivity (Wildman–Crippen MR) is 121 cm³/mol. The number of carbonyl (C=O) groups excluding carboxylic acids is 1. The van der Waals surface area contributed by atoms with Crippen LogP contribution in [0.1, 0.15) is 30.9 Å². The molecule has 0 aliphatic carbocycles. The van der Waals surface area contributed by atoms with E-state index in [9.17, 15) is 9.59 Å². The molecule has 3 aromatic rings. The lowest BCUT2D eigenvalue weighted by molar-refractivity contribution is -0.121. The Morgan fingerprint density at radius 3 is 2.39 bits per heavy atom. The molecule has 31 heavy (non-hydrogen) atoms. The smallest absolute Gasteiger partial charge is 0.329 e. The molecule has 1 unspecified atom stereocenters. The number of fused-ring (bicyclic) bond motifs is 1. The second-order valence-electron chi connectivity index (χ2n) is 8.11. The van der Waals surface area contributed by atoms with E-state index >= 15 is 0 Å². The van der Waals surface area contributed by atoms with E-state index < -0.39 is 0 Å². The lowest BCUT2D eigenvalue weighted by Crippen LogP contribution is -2.42.